The third-order valence-electron chi connectivity index (χ3n) is 5.03. The van der Waals surface area contributed by atoms with Crippen molar-refractivity contribution in [3.63, 3.8) is 0 Å². The van der Waals surface area contributed by atoms with Crippen molar-refractivity contribution in [3.05, 3.63) is 83.3 Å². The van der Waals surface area contributed by atoms with Crippen molar-refractivity contribution in [2.45, 2.75) is 6.42 Å². The highest BCUT2D eigenvalue weighted by Gasteiger charge is 2.36. The number of amides is 1. The summed E-state index contributed by atoms with van der Waals surface area (Å²) in [4.78, 5) is 50.5. The summed E-state index contributed by atoms with van der Waals surface area (Å²) in [5.41, 5.74) is 0.885. The second-order valence-corrected chi connectivity index (χ2v) is 7.74. The van der Waals surface area contributed by atoms with Crippen molar-refractivity contribution in [1.29, 1.82) is 0 Å². The minimum absolute atomic E-state index is 0.00469. The van der Waals surface area contributed by atoms with E-state index >= 15 is 0 Å². The lowest BCUT2D eigenvalue weighted by molar-refractivity contribution is -0.147. The van der Waals surface area contributed by atoms with E-state index < -0.39 is 30.2 Å². The number of ketones is 1. The van der Waals surface area contributed by atoms with Crippen molar-refractivity contribution in [2.24, 2.45) is 5.92 Å². The van der Waals surface area contributed by atoms with Gasteiger partial charge in [-0.2, -0.15) is 0 Å². The second kappa shape index (κ2) is 9.70. The molecule has 0 unspecified atom stereocenters. The number of halogens is 1. The van der Waals surface area contributed by atoms with Crippen molar-refractivity contribution in [2.75, 3.05) is 18.1 Å². The number of rotatable bonds is 7. The van der Waals surface area contributed by atoms with E-state index in [1.165, 1.54) is 41.5 Å². The lowest BCUT2D eigenvalue weighted by atomic mass is 10.1. The summed E-state index contributed by atoms with van der Waals surface area (Å²) in [5, 5.41) is 0.485. The van der Waals surface area contributed by atoms with E-state index in [0.717, 1.165) is 0 Å². The number of ether oxygens (including phenoxy) is 2. The lowest BCUT2D eigenvalue weighted by Gasteiger charge is -2.16. The summed E-state index contributed by atoms with van der Waals surface area (Å²) in [6.45, 7) is -0.311. The monoisotopic (exact) mass is 467 g/mol. The van der Waals surface area contributed by atoms with Gasteiger partial charge in [0.1, 0.15) is 5.75 Å². The summed E-state index contributed by atoms with van der Waals surface area (Å²) < 4.78 is 15.3. The summed E-state index contributed by atoms with van der Waals surface area (Å²) in [5.74, 6) is -2.31. The molecular formula is C24H18ClNO7. The molecule has 9 heteroatoms. The van der Waals surface area contributed by atoms with Crippen molar-refractivity contribution >= 4 is 40.9 Å². The Bertz CT molecular complexity index is 1190. The Labute approximate surface area is 193 Å². The predicted octanol–water partition coefficient (Wildman–Crippen LogP) is 3.93. The number of hydrogen-bond donors (Lipinski definition) is 0. The van der Waals surface area contributed by atoms with Crippen LogP contribution in [0.3, 0.4) is 0 Å². The molecule has 1 aliphatic rings. The SMILES string of the molecule is O=C(COC(=O)[C@@H]1CC(=O)N(c2cccc(Cl)c2)C1)c1ccc(OC(=O)c2ccco2)cc1. The third-order valence-corrected chi connectivity index (χ3v) is 5.27. The minimum Gasteiger partial charge on any atom is -0.457 e. The van der Waals surface area contributed by atoms with Crippen molar-refractivity contribution in [3.8, 4) is 5.75 Å². The van der Waals surface area contributed by atoms with Gasteiger partial charge in [0, 0.05) is 29.2 Å². The van der Waals surface area contributed by atoms with Crippen LogP contribution in [0.4, 0.5) is 5.69 Å². The summed E-state index contributed by atoms with van der Waals surface area (Å²) in [6.07, 6.45) is 1.35. The smallest absolute Gasteiger partial charge is 0.379 e. The minimum atomic E-state index is -0.673. The van der Waals surface area contributed by atoms with Gasteiger partial charge in [-0.05, 0) is 54.6 Å². The molecule has 1 saturated heterocycles. The fourth-order valence-electron chi connectivity index (χ4n) is 3.36. The Kier molecular flexibility index (Phi) is 6.55. The quantitative estimate of drug-likeness (QED) is 0.294. The third kappa shape index (κ3) is 5.30. The van der Waals surface area contributed by atoms with Gasteiger partial charge < -0.3 is 18.8 Å². The van der Waals surface area contributed by atoms with E-state index in [0.29, 0.717) is 10.7 Å². The van der Waals surface area contributed by atoms with Gasteiger partial charge in [-0.15, -0.1) is 0 Å². The van der Waals surface area contributed by atoms with E-state index in [1.54, 1.807) is 30.3 Å². The molecule has 1 aromatic heterocycles. The Hall–Kier alpha value is -3.91. The molecule has 168 valence electrons. The first-order valence-electron chi connectivity index (χ1n) is 10.0. The number of Topliss-reactive ketones (excluding diaryl/α,β-unsaturated/α-hetero) is 1. The van der Waals surface area contributed by atoms with Crippen molar-refractivity contribution < 1.29 is 33.1 Å². The van der Waals surface area contributed by atoms with Gasteiger partial charge in [-0.1, -0.05) is 17.7 Å². The summed E-state index contributed by atoms with van der Waals surface area (Å²) >= 11 is 5.97. The number of furan rings is 1. The zero-order valence-electron chi connectivity index (χ0n) is 17.2. The number of anilines is 1. The van der Waals surface area contributed by atoms with Gasteiger partial charge >= 0.3 is 11.9 Å². The second-order valence-electron chi connectivity index (χ2n) is 7.31. The van der Waals surface area contributed by atoms with Crippen LogP contribution < -0.4 is 9.64 Å². The van der Waals surface area contributed by atoms with Crippen LogP contribution in [0.5, 0.6) is 5.75 Å². The Balaban J connectivity index is 1.29. The average molecular weight is 468 g/mol. The van der Waals surface area contributed by atoms with Gasteiger partial charge in [0.05, 0.1) is 12.2 Å². The summed E-state index contributed by atoms with van der Waals surface area (Å²) in [6, 6.07) is 15.7. The van der Waals surface area contributed by atoms with Crippen LogP contribution in [0.25, 0.3) is 0 Å². The Morgan fingerprint density at radius 1 is 1.06 bits per heavy atom. The van der Waals surface area contributed by atoms with Gasteiger partial charge in [0.25, 0.3) is 0 Å². The number of benzene rings is 2. The largest absolute Gasteiger partial charge is 0.457 e. The highest BCUT2D eigenvalue weighted by atomic mass is 35.5. The molecular weight excluding hydrogens is 450 g/mol. The number of esters is 2. The van der Waals surface area contributed by atoms with Crippen LogP contribution in [0.2, 0.25) is 5.02 Å². The maximum atomic E-state index is 12.4. The van der Waals surface area contributed by atoms with E-state index in [1.807, 2.05) is 0 Å². The van der Waals surface area contributed by atoms with E-state index in [-0.39, 0.29) is 35.9 Å². The fourth-order valence-corrected chi connectivity index (χ4v) is 3.54. The first-order valence-corrected chi connectivity index (χ1v) is 10.4. The fraction of sp³-hybridized carbons (Fsp3) is 0.167. The Morgan fingerprint density at radius 2 is 1.85 bits per heavy atom. The van der Waals surface area contributed by atoms with Crippen LogP contribution in [0.15, 0.2) is 71.3 Å². The average Bonchev–Trinajstić information content (AvgIpc) is 3.48. The van der Waals surface area contributed by atoms with Crippen molar-refractivity contribution in [1.82, 2.24) is 0 Å². The number of carbonyl (C=O) groups excluding carboxylic acids is 4. The van der Waals surface area contributed by atoms with Crippen LogP contribution in [0, 0.1) is 5.92 Å². The maximum Gasteiger partial charge on any atom is 0.379 e. The topological polar surface area (TPSA) is 103 Å². The van der Waals surface area contributed by atoms with Crippen LogP contribution in [-0.2, 0) is 14.3 Å². The molecule has 0 saturated carbocycles. The molecule has 0 aliphatic carbocycles. The molecule has 8 nitrogen and oxygen atoms in total. The molecule has 1 aliphatic heterocycles. The number of hydrogen-bond acceptors (Lipinski definition) is 7. The maximum absolute atomic E-state index is 12.4. The van der Waals surface area contributed by atoms with Crippen LogP contribution in [0.1, 0.15) is 27.3 Å². The number of nitrogens with zero attached hydrogens (tertiary/aromatic N) is 1. The zero-order valence-corrected chi connectivity index (χ0v) is 18.0. The van der Waals surface area contributed by atoms with Gasteiger partial charge in [0.15, 0.2) is 12.4 Å². The molecule has 1 fully saturated rings. The van der Waals surface area contributed by atoms with Gasteiger partial charge in [0.2, 0.25) is 11.7 Å². The normalized spacial score (nSPS) is 15.4. The zero-order chi connectivity index (χ0) is 23.4. The molecule has 3 aromatic rings. The molecule has 2 heterocycles. The molecule has 33 heavy (non-hydrogen) atoms. The molecule has 0 radical (unpaired) electrons. The van der Waals surface area contributed by atoms with Crippen LogP contribution >= 0.6 is 11.6 Å². The molecule has 0 N–H and O–H groups in total. The van der Waals surface area contributed by atoms with E-state index in [2.05, 4.69) is 0 Å². The van der Waals surface area contributed by atoms with E-state index in [9.17, 15) is 19.2 Å². The van der Waals surface area contributed by atoms with E-state index in [4.69, 9.17) is 25.5 Å². The molecule has 0 bridgehead atoms. The highest BCUT2D eigenvalue weighted by Crippen LogP contribution is 2.27. The summed E-state index contributed by atoms with van der Waals surface area (Å²) in [7, 11) is 0. The molecule has 4 rings (SSSR count). The molecule has 1 amide bonds. The molecule has 1 atom stereocenters. The first-order chi connectivity index (χ1) is 15.9. The highest BCUT2D eigenvalue weighted by molar-refractivity contribution is 6.31. The lowest BCUT2D eigenvalue weighted by Crippen LogP contribution is -2.27. The molecule has 2 aromatic carbocycles. The predicted molar refractivity (Wildman–Crippen MR) is 117 cm³/mol. The number of carbonyl (C=O) groups is 4. The first kappa shape index (κ1) is 22.3. The molecule has 0 spiro atoms. The van der Waals surface area contributed by atoms with Gasteiger partial charge in [-0.25, -0.2) is 4.79 Å². The standard InChI is InChI=1S/C24H18ClNO7/c25-17-3-1-4-18(12-17)26-13-16(11-22(26)28)23(29)32-14-20(27)15-6-8-19(9-7-15)33-24(30)21-5-2-10-31-21/h1-10,12,16H,11,13-14H2/t16-/m1/s1. The van der Waals surface area contributed by atoms with Gasteiger partial charge in [-0.3, -0.25) is 14.4 Å². The van der Waals surface area contributed by atoms with Crippen LogP contribution in [-0.4, -0.2) is 36.8 Å². The Morgan fingerprint density at radius 3 is 2.55 bits per heavy atom.